The van der Waals surface area contributed by atoms with Crippen LogP contribution in [0.25, 0.3) is 0 Å². The first-order valence-electron chi connectivity index (χ1n) is 6.24. The molecule has 1 rings (SSSR count). The Kier molecular flexibility index (Phi) is 5.03. The Labute approximate surface area is 94.1 Å². The summed E-state index contributed by atoms with van der Waals surface area (Å²) in [6, 6.07) is 0. The molecule has 0 aliphatic carbocycles. The van der Waals surface area contributed by atoms with Crippen molar-refractivity contribution in [3.05, 3.63) is 0 Å². The van der Waals surface area contributed by atoms with Crippen LogP contribution in [0.3, 0.4) is 0 Å². The molecule has 0 aromatic rings. The van der Waals surface area contributed by atoms with Crippen molar-refractivity contribution >= 4 is 0 Å². The summed E-state index contributed by atoms with van der Waals surface area (Å²) in [6.45, 7) is 12.5. The first kappa shape index (κ1) is 12.9. The second kappa shape index (κ2) is 5.83. The molecule has 1 N–H and O–H groups in total. The lowest BCUT2D eigenvalue weighted by Crippen LogP contribution is -2.47. The number of rotatable bonds is 6. The fourth-order valence-corrected chi connectivity index (χ4v) is 2.44. The highest BCUT2D eigenvalue weighted by molar-refractivity contribution is 4.91. The molecule has 1 fully saturated rings. The smallest absolute Gasteiger partial charge is 0.0612 e. The molecule has 0 bridgehead atoms. The van der Waals surface area contributed by atoms with Crippen LogP contribution in [0.1, 0.15) is 33.6 Å². The number of likely N-dealkylation sites (N-methyl/N-ethyl adjacent to an activating group) is 1. The molecule has 1 aliphatic heterocycles. The average Bonchev–Trinajstić information content (AvgIpc) is 2.63. The number of likely N-dealkylation sites (tertiary alicyclic amines) is 1. The fraction of sp³-hybridized carbons (Fsp3) is 1.00. The Morgan fingerprint density at radius 3 is 2.53 bits per heavy atom. The van der Waals surface area contributed by atoms with Gasteiger partial charge in [0.2, 0.25) is 0 Å². The van der Waals surface area contributed by atoms with Crippen molar-refractivity contribution in [3.63, 3.8) is 0 Å². The predicted molar refractivity (Wildman–Crippen MR) is 64.1 cm³/mol. The van der Waals surface area contributed by atoms with Crippen molar-refractivity contribution in [1.29, 1.82) is 0 Å². The zero-order valence-electron chi connectivity index (χ0n) is 10.5. The maximum absolute atomic E-state index is 9.42. The zero-order chi connectivity index (χ0) is 11.3. The Balaban J connectivity index is 2.37. The molecule has 1 aliphatic rings. The third-order valence-electron chi connectivity index (χ3n) is 3.83. The van der Waals surface area contributed by atoms with Gasteiger partial charge in [-0.05, 0) is 39.4 Å². The van der Waals surface area contributed by atoms with Gasteiger partial charge in [0.15, 0.2) is 0 Å². The maximum atomic E-state index is 9.42. The predicted octanol–water partition coefficient (Wildman–Crippen LogP) is 1.18. The number of aliphatic hydroxyl groups is 1. The van der Waals surface area contributed by atoms with E-state index >= 15 is 0 Å². The van der Waals surface area contributed by atoms with Crippen molar-refractivity contribution in [3.8, 4) is 0 Å². The van der Waals surface area contributed by atoms with Gasteiger partial charge in [0.25, 0.3) is 0 Å². The molecule has 1 heterocycles. The van der Waals surface area contributed by atoms with E-state index in [0.29, 0.717) is 6.61 Å². The van der Waals surface area contributed by atoms with Gasteiger partial charge in [-0.3, -0.25) is 4.90 Å². The summed E-state index contributed by atoms with van der Waals surface area (Å²) in [6.07, 6.45) is 2.37. The summed E-state index contributed by atoms with van der Waals surface area (Å²) in [5.74, 6) is 0. The number of hydrogen-bond donors (Lipinski definition) is 1. The standard InChI is InChI=1S/C12H26N2O/c1-4-13(5-2)9-10-14-8-6-7-12(14,3)11-15/h15H,4-11H2,1-3H3/t12-/m0/s1. The van der Waals surface area contributed by atoms with Crippen molar-refractivity contribution < 1.29 is 5.11 Å². The Morgan fingerprint density at radius 1 is 1.33 bits per heavy atom. The van der Waals surface area contributed by atoms with Crippen molar-refractivity contribution in [2.75, 3.05) is 39.3 Å². The minimum absolute atomic E-state index is 0.0488. The highest BCUT2D eigenvalue weighted by Gasteiger charge is 2.35. The van der Waals surface area contributed by atoms with Crippen LogP contribution in [-0.2, 0) is 0 Å². The summed E-state index contributed by atoms with van der Waals surface area (Å²) in [7, 11) is 0. The van der Waals surface area contributed by atoms with E-state index in [2.05, 4.69) is 30.6 Å². The normalized spacial score (nSPS) is 27.8. The van der Waals surface area contributed by atoms with Gasteiger partial charge in [-0.2, -0.15) is 0 Å². The van der Waals surface area contributed by atoms with Crippen LogP contribution in [-0.4, -0.2) is 59.8 Å². The van der Waals surface area contributed by atoms with E-state index in [1.165, 1.54) is 6.42 Å². The van der Waals surface area contributed by atoms with Crippen LogP contribution < -0.4 is 0 Å². The average molecular weight is 214 g/mol. The summed E-state index contributed by atoms with van der Waals surface area (Å²) in [5, 5.41) is 9.42. The molecule has 0 aromatic carbocycles. The second-order valence-electron chi connectivity index (χ2n) is 4.77. The van der Waals surface area contributed by atoms with E-state index in [0.717, 1.165) is 39.1 Å². The number of nitrogens with zero attached hydrogens (tertiary/aromatic N) is 2. The van der Waals surface area contributed by atoms with Gasteiger partial charge in [-0.25, -0.2) is 0 Å². The lowest BCUT2D eigenvalue weighted by atomic mass is 10.0. The monoisotopic (exact) mass is 214 g/mol. The van der Waals surface area contributed by atoms with E-state index < -0.39 is 0 Å². The van der Waals surface area contributed by atoms with Crippen LogP contribution in [0, 0.1) is 0 Å². The Hall–Kier alpha value is -0.120. The highest BCUT2D eigenvalue weighted by Crippen LogP contribution is 2.27. The van der Waals surface area contributed by atoms with E-state index in [4.69, 9.17) is 0 Å². The molecule has 0 spiro atoms. The zero-order valence-corrected chi connectivity index (χ0v) is 10.5. The van der Waals surface area contributed by atoms with Gasteiger partial charge in [0, 0.05) is 18.6 Å². The van der Waals surface area contributed by atoms with Gasteiger partial charge in [-0.1, -0.05) is 13.8 Å². The van der Waals surface area contributed by atoms with Crippen LogP contribution in [0.5, 0.6) is 0 Å². The van der Waals surface area contributed by atoms with E-state index in [-0.39, 0.29) is 5.54 Å². The minimum atomic E-state index is 0.0488. The van der Waals surface area contributed by atoms with Gasteiger partial charge in [0.1, 0.15) is 0 Å². The van der Waals surface area contributed by atoms with Crippen LogP contribution in [0.4, 0.5) is 0 Å². The number of aliphatic hydroxyl groups excluding tert-OH is 1. The molecule has 15 heavy (non-hydrogen) atoms. The van der Waals surface area contributed by atoms with Crippen LogP contribution >= 0.6 is 0 Å². The molecule has 3 heteroatoms. The highest BCUT2D eigenvalue weighted by atomic mass is 16.3. The molecule has 90 valence electrons. The third kappa shape index (κ3) is 3.16. The lowest BCUT2D eigenvalue weighted by Gasteiger charge is -2.34. The molecule has 1 atom stereocenters. The Bertz CT molecular complexity index is 182. The van der Waals surface area contributed by atoms with Gasteiger partial charge >= 0.3 is 0 Å². The van der Waals surface area contributed by atoms with E-state index in [1.807, 2.05) is 0 Å². The summed E-state index contributed by atoms with van der Waals surface area (Å²) < 4.78 is 0. The summed E-state index contributed by atoms with van der Waals surface area (Å²) in [4.78, 5) is 4.89. The van der Waals surface area contributed by atoms with Crippen LogP contribution in [0.15, 0.2) is 0 Å². The van der Waals surface area contributed by atoms with E-state index in [1.54, 1.807) is 0 Å². The van der Waals surface area contributed by atoms with E-state index in [9.17, 15) is 5.11 Å². The second-order valence-corrected chi connectivity index (χ2v) is 4.77. The first-order valence-corrected chi connectivity index (χ1v) is 6.24. The molecule has 0 saturated carbocycles. The largest absolute Gasteiger partial charge is 0.394 e. The summed E-state index contributed by atoms with van der Waals surface area (Å²) >= 11 is 0. The topological polar surface area (TPSA) is 26.7 Å². The number of hydrogen-bond acceptors (Lipinski definition) is 3. The third-order valence-corrected chi connectivity index (χ3v) is 3.83. The van der Waals surface area contributed by atoms with Crippen LogP contribution in [0.2, 0.25) is 0 Å². The first-order chi connectivity index (χ1) is 7.16. The maximum Gasteiger partial charge on any atom is 0.0612 e. The molecular formula is C12H26N2O. The molecule has 0 amide bonds. The van der Waals surface area contributed by atoms with Crippen molar-refractivity contribution in [1.82, 2.24) is 9.80 Å². The minimum Gasteiger partial charge on any atom is -0.394 e. The van der Waals surface area contributed by atoms with Crippen molar-refractivity contribution in [2.45, 2.75) is 39.2 Å². The fourth-order valence-electron chi connectivity index (χ4n) is 2.44. The quantitative estimate of drug-likeness (QED) is 0.719. The lowest BCUT2D eigenvalue weighted by molar-refractivity contribution is 0.0707. The molecule has 0 radical (unpaired) electrons. The molecular weight excluding hydrogens is 188 g/mol. The van der Waals surface area contributed by atoms with Crippen molar-refractivity contribution in [2.24, 2.45) is 0 Å². The molecule has 1 saturated heterocycles. The SMILES string of the molecule is CCN(CC)CCN1CCC[C@@]1(C)CO. The molecule has 0 aromatic heterocycles. The van der Waals surface area contributed by atoms with Gasteiger partial charge in [0.05, 0.1) is 6.61 Å². The summed E-state index contributed by atoms with van der Waals surface area (Å²) in [5.41, 5.74) is 0.0488. The molecule has 0 unspecified atom stereocenters. The van der Waals surface area contributed by atoms with Gasteiger partial charge in [-0.15, -0.1) is 0 Å². The Morgan fingerprint density at radius 2 is 2.00 bits per heavy atom. The van der Waals surface area contributed by atoms with Gasteiger partial charge < -0.3 is 10.0 Å². The molecule has 3 nitrogen and oxygen atoms in total.